The molecule has 0 radical (unpaired) electrons. The predicted molar refractivity (Wildman–Crippen MR) is 143 cm³/mol. The molecule has 2 N–H and O–H groups in total. The maximum atomic E-state index is 12.3. The van der Waals surface area contributed by atoms with Crippen LogP contribution in [0.3, 0.4) is 0 Å². The number of benzene rings is 3. The molecule has 5 nitrogen and oxygen atoms in total. The van der Waals surface area contributed by atoms with Crippen LogP contribution in [0, 0.1) is 6.92 Å². The minimum atomic E-state index is -0.171. The van der Waals surface area contributed by atoms with Gasteiger partial charge in [0.25, 0.3) is 5.91 Å². The van der Waals surface area contributed by atoms with Crippen molar-refractivity contribution < 1.29 is 9.59 Å². The summed E-state index contributed by atoms with van der Waals surface area (Å²) < 4.78 is 0. The van der Waals surface area contributed by atoms with Crippen molar-refractivity contribution in [3.63, 3.8) is 0 Å². The number of halogens is 1. The van der Waals surface area contributed by atoms with Crippen LogP contribution < -0.4 is 15.5 Å². The first-order chi connectivity index (χ1) is 16.3. The highest BCUT2D eigenvalue weighted by atomic mass is 35.5. The molecule has 0 aliphatic carbocycles. The molecule has 4 rings (SSSR count). The number of fused-ring (bicyclic) bond motifs is 2. The quantitative estimate of drug-likeness (QED) is 0.361. The minimum absolute atomic E-state index is 0.0281. The summed E-state index contributed by atoms with van der Waals surface area (Å²) in [6.07, 6.45) is 2.37. The van der Waals surface area contributed by atoms with E-state index in [4.69, 9.17) is 11.6 Å². The second-order valence-corrected chi connectivity index (χ2v) is 8.84. The summed E-state index contributed by atoms with van der Waals surface area (Å²) in [6.45, 7) is 10.1. The Morgan fingerprint density at radius 3 is 2.12 bits per heavy atom. The van der Waals surface area contributed by atoms with Crippen LogP contribution in [-0.2, 0) is 0 Å². The van der Waals surface area contributed by atoms with E-state index in [9.17, 15) is 9.59 Å². The summed E-state index contributed by atoms with van der Waals surface area (Å²) >= 11 is 5.85. The van der Waals surface area contributed by atoms with Crippen LogP contribution in [0.5, 0.6) is 0 Å². The third-order valence-electron chi connectivity index (χ3n) is 5.54. The smallest absolute Gasteiger partial charge is 0.257 e. The van der Waals surface area contributed by atoms with E-state index < -0.39 is 0 Å². The van der Waals surface area contributed by atoms with E-state index in [1.807, 2.05) is 37.3 Å². The molecular formula is C28H32ClN3O2. The molecule has 0 aromatic heterocycles. The summed E-state index contributed by atoms with van der Waals surface area (Å²) in [4.78, 5) is 26.1. The number of Topliss-reactive ketones (excluding diaryl/α,β-unsaturated/α-hetero) is 1. The van der Waals surface area contributed by atoms with Gasteiger partial charge in [-0.05, 0) is 81.3 Å². The van der Waals surface area contributed by atoms with Gasteiger partial charge in [0.1, 0.15) is 0 Å². The van der Waals surface area contributed by atoms with Crippen molar-refractivity contribution in [2.75, 3.05) is 28.6 Å². The van der Waals surface area contributed by atoms with E-state index in [1.165, 1.54) is 25.5 Å². The highest BCUT2D eigenvalue weighted by Crippen LogP contribution is 2.33. The standard InChI is InChI=1S/C16H14N2O2.C12H18ClN/c1-9-3-5-13-12(7-9)16(20)18-15-8-11(10(2)19)4-6-14(15)17-13;1-3-9-14(10-4-2)12-7-5-11(13)6-8-12/h3-8,17H,1-2H3,(H,18,20);5-8H,3-4,9-10H2,1-2H3. The maximum Gasteiger partial charge on any atom is 0.257 e. The number of anilines is 4. The Morgan fingerprint density at radius 2 is 1.50 bits per heavy atom. The van der Waals surface area contributed by atoms with Gasteiger partial charge in [-0.2, -0.15) is 0 Å². The molecule has 34 heavy (non-hydrogen) atoms. The lowest BCUT2D eigenvalue weighted by Crippen LogP contribution is -2.24. The Morgan fingerprint density at radius 1 is 0.853 bits per heavy atom. The number of hydrogen-bond donors (Lipinski definition) is 2. The molecule has 0 fully saturated rings. The van der Waals surface area contributed by atoms with Crippen molar-refractivity contribution in [3.8, 4) is 0 Å². The van der Waals surface area contributed by atoms with Crippen LogP contribution in [-0.4, -0.2) is 24.8 Å². The number of carbonyl (C=O) groups is 2. The van der Waals surface area contributed by atoms with Gasteiger partial charge in [0.2, 0.25) is 0 Å². The second-order valence-electron chi connectivity index (χ2n) is 8.41. The predicted octanol–water partition coefficient (Wildman–Crippen LogP) is 7.47. The number of nitrogens with zero attached hydrogens (tertiary/aromatic N) is 1. The van der Waals surface area contributed by atoms with Crippen LogP contribution >= 0.6 is 11.6 Å². The summed E-state index contributed by atoms with van der Waals surface area (Å²) in [6, 6.07) is 19.0. The van der Waals surface area contributed by atoms with Gasteiger partial charge in [0, 0.05) is 29.4 Å². The minimum Gasteiger partial charge on any atom is -0.372 e. The number of carbonyl (C=O) groups excluding carboxylic acids is 2. The van der Waals surface area contributed by atoms with Crippen molar-refractivity contribution >= 4 is 46.0 Å². The summed E-state index contributed by atoms with van der Waals surface area (Å²) in [5.74, 6) is -0.199. The molecule has 1 amide bonds. The molecule has 0 unspecified atom stereocenters. The van der Waals surface area contributed by atoms with E-state index in [1.54, 1.807) is 18.2 Å². The van der Waals surface area contributed by atoms with Gasteiger partial charge < -0.3 is 15.5 Å². The molecule has 3 aromatic carbocycles. The Hall–Kier alpha value is -3.31. The normalized spacial score (nSPS) is 11.6. The Labute approximate surface area is 207 Å². The number of amides is 1. The zero-order valence-corrected chi connectivity index (χ0v) is 21.0. The Kier molecular flexibility index (Phi) is 8.72. The SMILES string of the molecule is CC(=O)c1ccc2c(c1)NC(=O)c1cc(C)ccc1N2.CCCN(CCC)c1ccc(Cl)cc1. The molecule has 6 heteroatoms. The lowest BCUT2D eigenvalue weighted by atomic mass is 10.1. The second kappa shape index (κ2) is 11.7. The Balaban J connectivity index is 0.000000204. The first-order valence-corrected chi connectivity index (χ1v) is 12.0. The van der Waals surface area contributed by atoms with Crippen LogP contribution in [0.15, 0.2) is 60.7 Å². The number of rotatable bonds is 6. The molecule has 0 saturated carbocycles. The maximum absolute atomic E-state index is 12.3. The monoisotopic (exact) mass is 477 g/mol. The number of nitrogens with one attached hydrogen (secondary N) is 2. The molecule has 1 aliphatic heterocycles. The number of aryl methyl sites for hydroxylation is 1. The zero-order chi connectivity index (χ0) is 24.7. The number of ketones is 1. The van der Waals surface area contributed by atoms with E-state index in [0.29, 0.717) is 16.8 Å². The summed E-state index contributed by atoms with van der Waals surface area (Å²) in [5, 5.41) is 6.89. The van der Waals surface area contributed by atoms with Crippen molar-refractivity contribution in [1.82, 2.24) is 0 Å². The van der Waals surface area contributed by atoms with E-state index in [2.05, 4.69) is 41.5 Å². The summed E-state index contributed by atoms with van der Waals surface area (Å²) in [5.41, 5.74) is 5.65. The van der Waals surface area contributed by atoms with E-state index in [-0.39, 0.29) is 11.7 Å². The third kappa shape index (κ3) is 6.39. The lowest BCUT2D eigenvalue weighted by Gasteiger charge is -2.23. The van der Waals surface area contributed by atoms with E-state index >= 15 is 0 Å². The molecule has 0 bridgehead atoms. The fraction of sp³-hybridized carbons (Fsp3) is 0.286. The van der Waals surface area contributed by atoms with Crippen molar-refractivity contribution in [1.29, 1.82) is 0 Å². The van der Waals surface area contributed by atoms with Crippen molar-refractivity contribution in [2.45, 2.75) is 40.5 Å². The zero-order valence-electron chi connectivity index (χ0n) is 20.2. The molecule has 3 aromatic rings. The molecule has 0 atom stereocenters. The van der Waals surface area contributed by atoms with Crippen LogP contribution in [0.25, 0.3) is 0 Å². The lowest BCUT2D eigenvalue weighted by molar-refractivity contribution is 0.101. The fourth-order valence-corrected chi connectivity index (χ4v) is 3.95. The number of hydrogen-bond acceptors (Lipinski definition) is 4. The van der Waals surface area contributed by atoms with Crippen LogP contribution in [0.4, 0.5) is 22.7 Å². The van der Waals surface area contributed by atoms with Gasteiger partial charge in [-0.3, -0.25) is 9.59 Å². The van der Waals surface area contributed by atoms with Crippen molar-refractivity contribution in [2.24, 2.45) is 0 Å². The fourth-order valence-electron chi connectivity index (χ4n) is 3.83. The molecular weight excluding hydrogens is 446 g/mol. The average Bonchev–Trinajstić information content (AvgIpc) is 2.95. The van der Waals surface area contributed by atoms with Gasteiger partial charge in [-0.25, -0.2) is 0 Å². The highest BCUT2D eigenvalue weighted by Gasteiger charge is 2.19. The largest absolute Gasteiger partial charge is 0.372 e. The van der Waals surface area contributed by atoms with Crippen LogP contribution in [0.1, 0.15) is 59.9 Å². The van der Waals surface area contributed by atoms with E-state index in [0.717, 1.165) is 35.1 Å². The average molecular weight is 478 g/mol. The third-order valence-corrected chi connectivity index (χ3v) is 5.79. The molecule has 0 saturated heterocycles. The molecule has 178 valence electrons. The first kappa shape index (κ1) is 25.3. The van der Waals surface area contributed by atoms with Gasteiger partial charge in [-0.1, -0.05) is 37.1 Å². The van der Waals surface area contributed by atoms with Gasteiger partial charge in [0.05, 0.1) is 22.6 Å². The topological polar surface area (TPSA) is 61.4 Å². The molecule has 0 spiro atoms. The van der Waals surface area contributed by atoms with Gasteiger partial charge >= 0.3 is 0 Å². The van der Waals surface area contributed by atoms with Gasteiger partial charge in [0.15, 0.2) is 5.78 Å². The Bertz CT molecular complexity index is 1150. The van der Waals surface area contributed by atoms with Crippen LogP contribution in [0.2, 0.25) is 5.02 Å². The first-order valence-electron chi connectivity index (χ1n) is 11.7. The molecule has 1 aliphatic rings. The highest BCUT2D eigenvalue weighted by molar-refractivity contribution is 6.30. The summed E-state index contributed by atoms with van der Waals surface area (Å²) in [7, 11) is 0. The molecule has 1 heterocycles. The van der Waals surface area contributed by atoms with Gasteiger partial charge in [-0.15, -0.1) is 0 Å². The van der Waals surface area contributed by atoms with Crippen molar-refractivity contribution in [3.05, 3.63) is 82.4 Å².